The van der Waals surface area contributed by atoms with E-state index >= 15 is 0 Å². The zero-order valence-corrected chi connectivity index (χ0v) is 10.2. The SMILES string of the molecule is COC(=O)c1sc(C(=O)O)c(OC(C)=O)c1C. The largest absolute Gasteiger partial charge is 0.477 e. The number of hydrogen-bond donors (Lipinski definition) is 1. The Bertz CT molecular complexity index is 487. The highest BCUT2D eigenvalue weighted by atomic mass is 32.1. The molecular formula is C10H10O6S. The van der Waals surface area contributed by atoms with Gasteiger partial charge in [0.2, 0.25) is 0 Å². The van der Waals surface area contributed by atoms with Gasteiger partial charge in [-0.3, -0.25) is 4.79 Å². The van der Waals surface area contributed by atoms with Crippen LogP contribution in [-0.2, 0) is 9.53 Å². The summed E-state index contributed by atoms with van der Waals surface area (Å²) < 4.78 is 9.30. The van der Waals surface area contributed by atoms with Gasteiger partial charge < -0.3 is 14.6 Å². The number of thiophene rings is 1. The van der Waals surface area contributed by atoms with Crippen LogP contribution in [-0.4, -0.2) is 30.1 Å². The molecule has 0 fully saturated rings. The van der Waals surface area contributed by atoms with Gasteiger partial charge in [-0.05, 0) is 6.92 Å². The third-order valence-corrected chi connectivity index (χ3v) is 3.14. The fourth-order valence-electron chi connectivity index (χ4n) is 1.19. The van der Waals surface area contributed by atoms with Gasteiger partial charge in [-0.15, -0.1) is 11.3 Å². The summed E-state index contributed by atoms with van der Waals surface area (Å²) >= 11 is 0.718. The molecule has 0 aromatic carbocycles. The van der Waals surface area contributed by atoms with Crippen LogP contribution in [0.1, 0.15) is 31.8 Å². The maximum Gasteiger partial charge on any atom is 0.349 e. The van der Waals surface area contributed by atoms with E-state index in [2.05, 4.69) is 4.74 Å². The number of carbonyl (C=O) groups excluding carboxylic acids is 2. The van der Waals surface area contributed by atoms with E-state index in [1.165, 1.54) is 14.0 Å². The van der Waals surface area contributed by atoms with Gasteiger partial charge in [-0.2, -0.15) is 0 Å². The first-order valence-electron chi connectivity index (χ1n) is 4.51. The lowest BCUT2D eigenvalue weighted by Gasteiger charge is -2.01. The molecule has 7 heteroatoms. The minimum atomic E-state index is -1.26. The second kappa shape index (κ2) is 4.96. The molecule has 1 aromatic rings. The fraction of sp³-hybridized carbons (Fsp3) is 0.300. The van der Waals surface area contributed by atoms with Crippen molar-refractivity contribution >= 4 is 29.2 Å². The second-order valence-electron chi connectivity index (χ2n) is 3.10. The van der Waals surface area contributed by atoms with Gasteiger partial charge in [0, 0.05) is 12.5 Å². The molecule has 0 aliphatic rings. The first kappa shape index (κ1) is 13.2. The van der Waals surface area contributed by atoms with Crippen molar-refractivity contribution in [3.05, 3.63) is 15.3 Å². The molecule has 0 aliphatic carbocycles. The Morgan fingerprint density at radius 2 is 1.82 bits per heavy atom. The standard InChI is InChI=1S/C10H10O6S/c1-4-6(16-5(2)11)8(9(12)13)17-7(4)10(14)15-3/h1-3H3,(H,12,13). The molecule has 0 aliphatic heterocycles. The first-order valence-corrected chi connectivity index (χ1v) is 5.33. The minimum absolute atomic E-state index is 0.101. The third-order valence-electron chi connectivity index (χ3n) is 1.90. The summed E-state index contributed by atoms with van der Waals surface area (Å²) in [5.41, 5.74) is 0.287. The number of rotatable bonds is 3. The Morgan fingerprint density at radius 3 is 2.24 bits per heavy atom. The van der Waals surface area contributed by atoms with E-state index in [0.29, 0.717) is 0 Å². The Labute approximate surface area is 101 Å². The number of methoxy groups -OCH3 is 1. The molecule has 1 heterocycles. The van der Waals surface area contributed by atoms with Crippen molar-refractivity contribution in [3.63, 3.8) is 0 Å². The number of aromatic carboxylic acids is 1. The smallest absolute Gasteiger partial charge is 0.349 e. The van der Waals surface area contributed by atoms with Crippen LogP contribution in [0.15, 0.2) is 0 Å². The second-order valence-corrected chi connectivity index (χ2v) is 4.13. The van der Waals surface area contributed by atoms with Crippen molar-refractivity contribution in [1.29, 1.82) is 0 Å². The fourth-order valence-corrected chi connectivity index (χ4v) is 2.18. The topological polar surface area (TPSA) is 89.9 Å². The molecule has 0 unspecified atom stereocenters. The highest BCUT2D eigenvalue weighted by Crippen LogP contribution is 2.35. The van der Waals surface area contributed by atoms with Crippen molar-refractivity contribution in [3.8, 4) is 5.75 Å². The molecule has 6 nitrogen and oxygen atoms in total. The molecule has 1 rings (SSSR count). The van der Waals surface area contributed by atoms with Gasteiger partial charge in [0.1, 0.15) is 4.88 Å². The van der Waals surface area contributed by atoms with E-state index in [1.807, 2.05) is 0 Å². The predicted molar refractivity (Wildman–Crippen MR) is 58.7 cm³/mol. The maximum absolute atomic E-state index is 11.4. The van der Waals surface area contributed by atoms with Crippen LogP contribution in [0, 0.1) is 6.92 Å². The Hall–Kier alpha value is -1.89. The van der Waals surface area contributed by atoms with Crippen LogP contribution >= 0.6 is 11.3 Å². The number of esters is 2. The van der Waals surface area contributed by atoms with Crippen molar-refractivity contribution in [2.75, 3.05) is 7.11 Å². The van der Waals surface area contributed by atoms with Crippen LogP contribution in [0.2, 0.25) is 0 Å². The molecule has 0 saturated heterocycles. The molecule has 0 bridgehead atoms. The van der Waals surface area contributed by atoms with Crippen molar-refractivity contribution in [2.24, 2.45) is 0 Å². The zero-order valence-electron chi connectivity index (χ0n) is 9.40. The average molecular weight is 258 g/mol. The molecular weight excluding hydrogens is 248 g/mol. The molecule has 0 amide bonds. The van der Waals surface area contributed by atoms with Crippen molar-refractivity contribution in [1.82, 2.24) is 0 Å². The van der Waals surface area contributed by atoms with E-state index < -0.39 is 17.9 Å². The average Bonchev–Trinajstić information content (AvgIpc) is 2.55. The van der Waals surface area contributed by atoms with Crippen LogP contribution in [0.3, 0.4) is 0 Å². The van der Waals surface area contributed by atoms with Gasteiger partial charge in [0.05, 0.1) is 7.11 Å². The van der Waals surface area contributed by atoms with Gasteiger partial charge >= 0.3 is 17.9 Å². The Balaban J connectivity index is 3.34. The highest BCUT2D eigenvalue weighted by Gasteiger charge is 2.26. The third kappa shape index (κ3) is 2.62. The van der Waals surface area contributed by atoms with E-state index in [4.69, 9.17) is 9.84 Å². The summed E-state index contributed by atoms with van der Waals surface area (Å²) in [5.74, 6) is -2.67. The molecule has 92 valence electrons. The molecule has 0 saturated carbocycles. The molecule has 1 aromatic heterocycles. The van der Waals surface area contributed by atoms with Crippen LogP contribution in [0.5, 0.6) is 5.75 Å². The van der Waals surface area contributed by atoms with Crippen LogP contribution in [0.4, 0.5) is 0 Å². The van der Waals surface area contributed by atoms with Crippen molar-refractivity contribution < 1.29 is 29.0 Å². The number of carboxylic acid groups (broad SMARTS) is 1. The van der Waals surface area contributed by atoms with E-state index in [-0.39, 0.29) is 21.1 Å². The Kier molecular flexibility index (Phi) is 3.84. The zero-order chi connectivity index (χ0) is 13.2. The van der Waals surface area contributed by atoms with Gasteiger partial charge in [0.15, 0.2) is 10.6 Å². The van der Waals surface area contributed by atoms with Gasteiger partial charge in [-0.25, -0.2) is 9.59 Å². The summed E-state index contributed by atoms with van der Waals surface area (Å²) in [4.78, 5) is 33.1. The lowest BCUT2D eigenvalue weighted by molar-refractivity contribution is -0.131. The normalized spacial score (nSPS) is 9.82. The Morgan fingerprint density at radius 1 is 1.24 bits per heavy atom. The summed E-state index contributed by atoms with van der Waals surface area (Å²) in [6.45, 7) is 2.65. The summed E-state index contributed by atoms with van der Waals surface area (Å²) in [6.07, 6.45) is 0. The summed E-state index contributed by atoms with van der Waals surface area (Å²) in [6, 6.07) is 0. The number of hydrogen-bond acceptors (Lipinski definition) is 6. The van der Waals surface area contributed by atoms with Crippen LogP contribution < -0.4 is 4.74 Å². The number of carbonyl (C=O) groups is 3. The van der Waals surface area contributed by atoms with E-state index in [9.17, 15) is 14.4 Å². The molecule has 1 N–H and O–H groups in total. The maximum atomic E-state index is 11.4. The van der Waals surface area contributed by atoms with Crippen LogP contribution in [0.25, 0.3) is 0 Å². The monoisotopic (exact) mass is 258 g/mol. The minimum Gasteiger partial charge on any atom is -0.477 e. The predicted octanol–water partition coefficient (Wildman–Crippen LogP) is 1.47. The number of carboxylic acids is 1. The lowest BCUT2D eigenvalue weighted by Crippen LogP contribution is -2.06. The highest BCUT2D eigenvalue weighted by molar-refractivity contribution is 7.16. The van der Waals surface area contributed by atoms with E-state index in [0.717, 1.165) is 18.3 Å². The van der Waals surface area contributed by atoms with Crippen molar-refractivity contribution in [2.45, 2.75) is 13.8 Å². The molecule has 0 spiro atoms. The molecule has 0 radical (unpaired) electrons. The first-order chi connectivity index (χ1) is 7.88. The van der Waals surface area contributed by atoms with Gasteiger partial charge in [-0.1, -0.05) is 0 Å². The quantitative estimate of drug-likeness (QED) is 0.825. The summed E-state index contributed by atoms with van der Waals surface area (Å²) in [5, 5.41) is 8.94. The van der Waals surface area contributed by atoms with E-state index in [1.54, 1.807) is 0 Å². The molecule has 17 heavy (non-hydrogen) atoms. The number of ether oxygens (including phenoxy) is 2. The van der Waals surface area contributed by atoms with Gasteiger partial charge in [0.25, 0.3) is 0 Å². The summed E-state index contributed by atoms with van der Waals surface area (Å²) in [7, 11) is 1.19. The lowest BCUT2D eigenvalue weighted by atomic mass is 10.2. The molecule has 0 atom stereocenters.